The highest BCUT2D eigenvalue weighted by molar-refractivity contribution is 5.56. The molecule has 0 unspecified atom stereocenters. The monoisotopic (exact) mass is 190 g/mol. The molecule has 13 heavy (non-hydrogen) atoms. The molecule has 0 aromatic rings. The summed E-state index contributed by atoms with van der Waals surface area (Å²) >= 11 is 0. The zero-order chi connectivity index (χ0) is 9.94. The molecule has 0 aromatic carbocycles. The van der Waals surface area contributed by atoms with Crippen LogP contribution in [0, 0.1) is 0 Å². The lowest BCUT2D eigenvalue weighted by atomic mass is 10.2. The molecule has 4 nitrogen and oxygen atoms in total. The van der Waals surface area contributed by atoms with Crippen molar-refractivity contribution in [2.45, 2.75) is 32.6 Å². The summed E-state index contributed by atoms with van der Waals surface area (Å²) in [7, 11) is 0. The Bertz CT molecular complexity index is 125. The van der Waals surface area contributed by atoms with E-state index in [-0.39, 0.29) is 6.61 Å². The molecule has 0 aliphatic heterocycles. The van der Waals surface area contributed by atoms with E-state index in [9.17, 15) is 4.79 Å². The Hall–Kier alpha value is -0.770. The molecule has 0 aliphatic carbocycles. The third kappa shape index (κ3) is 11.2. The van der Waals surface area contributed by atoms with Crippen LogP contribution in [0.15, 0.2) is 0 Å². The second-order valence-corrected chi connectivity index (χ2v) is 2.79. The van der Waals surface area contributed by atoms with E-state index in [0.29, 0.717) is 13.2 Å². The Labute approximate surface area is 78.8 Å². The first-order chi connectivity index (χ1) is 6.27. The quantitative estimate of drug-likeness (QED) is 0.471. The lowest BCUT2D eigenvalue weighted by Gasteiger charge is -2.03. The highest BCUT2D eigenvalue weighted by Crippen LogP contribution is 1.98. The fourth-order valence-corrected chi connectivity index (χ4v) is 0.921. The molecule has 0 atom stereocenters. The van der Waals surface area contributed by atoms with Gasteiger partial charge in [-0.3, -0.25) is 0 Å². The molecular formula is C9H18O4. The van der Waals surface area contributed by atoms with Crippen molar-refractivity contribution in [2.24, 2.45) is 0 Å². The molecule has 0 saturated carbocycles. The minimum Gasteiger partial charge on any atom is -0.450 e. The van der Waals surface area contributed by atoms with E-state index in [1.165, 1.54) is 19.3 Å². The van der Waals surface area contributed by atoms with E-state index in [1.54, 1.807) is 0 Å². The summed E-state index contributed by atoms with van der Waals surface area (Å²) in [5.74, 6) is 0. The molecule has 0 aliphatic rings. The molecule has 0 radical (unpaired) electrons. The van der Waals surface area contributed by atoms with Gasteiger partial charge in [-0.15, -0.1) is 0 Å². The third-order valence-corrected chi connectivity index (χ3v) is 1.60. The van der Waals surface area contributed by atoms with Crippen molar-refractivity contribution in [1.29, 1.82) is 0 Å². The van der Waals surface area contributed by atoms with E-state index in [2.05, 4.69) is 11.7 Å². The van der Waals surface area contributed by atoms with Gasteiger partial charge in [0.15, 0.2) is 0 Å². The molecule has 0 aromatic heterocycles. The second-order valence-electron chi connectivity index (χ2n) is 2.79. The predicted molar refractivity (Wildman–Crippen MR) is 48.9 cm³/mol. The number of carboxylic acid groups (broad SMARTS) is 1. The smallest absolute Gasteiger partial charge is 0.450 e. The van der Waals surface area contributed by atoms with E-state index >= 15 is 0 Å². The van der Waals surface area contributed by atoms with Gasteiger partial charge in [-0.1, -0.05) is 26.2 Å². The van der Waals surface area contributed by atoms with E-state index in [0.717, 1.165) is 6.42 Å². The third-order valence-electron chi connectivity index (χ3n) is 1.60. The van der Waals surface area contributed by atoms with Crippen LogP contribution in [0.25, 0.3) is 0 Å². The summed E-state index contributed by atoms with van der Waals surface area (Å²) in [4.78, 5) is 9.90. The molecule has 0 amide bonds. The number of carbonyl (C=O) groups is 1. The van der Waals surface area contributed by atoms with Gasteiger partial charge in [-0.2, -0.15) is 0 Å². The number of unbranched alkanes of at least 4 members (excludes halogenated alkanes) is 3. The molecule has 78 valence electrons. The maximum Gasteiger partial charge on any atom is 0.505 e. The van der Waals surface area contributed by atoms with Crippen LogP contribution in [0.2, 0.25) is 0 Å². The Morgan fingerprint density at radius 3 is 2.54 bits per heavy atom. The summed E-state index contributed by atoms with van der Waals surface area (Å²) in [5, 5.41) is 8.11. The van der Waals surface area contributed by atoms with Crippen molar-refractivity contribution in [3.05, 3.63) is 0 Å². The zero-order valence-electron chi connectivity index (χ0n) is 8.12. The minimum absolute atomic E-state index is 0.128. The molecule has 0 fully saturated rings. The number of hydrogen-bond acceptors (Lipinski definition) is 3. The van der Waals surface area contributed by atoms with Crippen LogP contribution in [0.4, 0.5) is 4.79 Å². The molecule has 0 saturated heterocycles. The van der Waals surface area contributed by atoms with E-state index in [1.807, 2.05) is 0 Å². The van der Waals surface area contributed by atoms with Crippen LogP contribution in [-0.2, 0) is 9.47 Å². The van der Waals surface area contributed by atoms with Gasteiger partial charge in [0, 0.05) is 6.61 Å². The highest BCUT2D eigenvalue weighted by atomic mass is 16.7. The summed E-state index contributed by atoms with van der Waals surface area (Å²) in [6.07, 6.45) is 3.42. The van der Waals surface area contributed by atoms with Gasteiger partial charge in [0.05, 0.1) is 6.61 Å². The fourth-order valence-electron chi connectivity index (χ4n) is 0.921. The van der Waals surface area contributed by atoms with E-state index < -0.39 is 6.16 Å². The maximum absolute atomic E-state index is 9.90. The van der Waals surface area contributed by atoms with Gasteiger partial charge in [-0.05, 0) is 6.42 Å². The highest BCUT2D eigenvalue weighted by Gasteiger charge is 1.95. The largest absolute Gasteiger partial charge is 0.505 e. The zero-order valence-corrected chi connectivity index (χ0v) is 8.12. The SMILES string of the molecule is CCCCCCOCCOC(=O)O. The van der Waals surface area contributed by atoms with Crippen molar-refractivity contribution < 1.29 is 19.4 Å². The van der Waals surface area contributed by atoms with Gasteiger partial charge < -0.3 is 14.6 Å². The topological polar surface area (TPSA) is 55.8 Å². The van der Waals surface area contributed by atoms with Crippen LogP contribution in [-0.4, -0.2) is 31.1 Å². The van der Waals surface area contributed by atoms with Crippen LogP contribution in [0.3, 0.4) is 0 Å². The first kappa shape index (κ1) is 12.2. The van der Waals surface area contributed by atoms with Gasteiger partial charge in [0.25, 0.3) is 0 Å². The summed E-state index contributed by atoms with van der Waals surface area (Å²) in [5.41, 5.74) is 0. The molecule has 0 bridgehead atoms. The van der Waals surface area contributed by atoms with Crippen molar-refractivity contribution in [2.75, 3.05) is 19.8 Å². The number of ether oxygens (including phenoxy) is 2. The summed E-state index contributed by atoms with van der Waals surface area (Å²) < 4.78 is 9.40. The van der Waals surface area contributed by atoms with Crippen molar-refractivity contribution in [3.8, 4) is 0 Å². The van der Waals surface area contributed by atoms with Crippen LogP contribution < -0.4 is 0 Å². The summed E-state index contributed by atoms with van der Waals surface area (Å²) in [6, 6.07) is 0. The number of rotatable bonds is 8. The Kier molecular flexibility index (Phi) is 8.77. The van der Waals surface area contributed by atoms with Gasteiger partial charge in [0.2, 0.25) is 0 Å². The Morgan fingerprint density at radius 2 is 1.92 bits per heavy atom. The molecule has 4 heteroatoms. The molecule has 0 heterocycles. The van der Waals surface area contributed by atoms with Crippen LogP contribution >= 0.6 is 0 Å². The standard InChI is InChI=1S/C9H18O4/c1-2-3-4-5-6-12-7-8-13-9(10)11/h2-8H2,1H3,(H,10,11). The molecule has 0 spiro atoms. The Balaban J connectivity index is 2.87. The van der Waals surface area contributed by atoms with Gasteiger partial charge >= 0.3 is 6.16 Å². The van der Waals surface area contributed by atoms with Crippen molar-refractivity contribution in [3.63, 3.8) is 0 Å². The van der Waals surface area contributed by atoms with Crippen LogP contribution in [0.1, 0.15) is 32.6 Å². The average Bonchev–Trinajstić information content (AvgIpc) is 2.09. The predicted octanol–water partition coefficient (Wildman–Crippen LogP) is 2.28. The van der Waals surface area contributed by atoms with Crippen molar-refractivity contribution in [1.82, 2.24) is 0 Å². The lowest BCUT2D eigenvalue weighted by molar-refractivity contribution is 0.0467. The molecule has 1 N–H and O–H groups in total. The van der Waals surface area contributed by atoms with Crippen LogP contribution in [0.5, 0.6) is 0 Å². The fraction of sp³-hybridized carbons (Fsp3) is 0.889. The lowest BCUT2D eigenvalue weighted by Crippen LogP contribution is -2.08. The number of hydrogen-bond donors (Lipinski definition) is 1. The van der Waals surface area contributed by atoms with E-state index in [4.69, 9.17) is 9.84 Å². The van der Waals surface area contributed by atoms with Gasteiger partial charge in [-0.25, -0.2) is 4.79 Å². The minimum atomic E-state index is -1.24. The Morgan fingerprint density at radius 1 is 1.15 bits per heavy atom. The summed E-state index contributed by atoms with van der Waals surface area (Å²) in [6.45, 7) is 3.34. The van der Waals surface area contributed by atoms with Gasteiger partial charge in [0.1, 0.15) is 6.61 Å². The first-order valence-electron chi connectivity index (χ1n) is 4.70. The molecule has 0 rings (SSSR count). The first-order valence-corrected chi connectivity index (χ1v) is 4.70. The van der Waals surface area contributed by atoms with Crippen molar-refractivity contribution >= 4 is 6.16 Å². The maximum atomic E-state index is 9.90. The average molecular weight is 190 g/mol. The normalized spacial score (nSPS) is 9.92. The second kappa shape index (κ2) is 9.32. The molecular weight excluding hydrogens is 172 g/mol.